The molecule has 0 N–H and O–H groups in total. The average Bonchev–Trinajstić information content (AvgIpc) is 2.71. The number of fused-ring (bicyclic) bond motifs is 2. The van der Waals surface area contributed by atoms with Gasteiger partial charge in [-0.2, -0.15) is 0 Å². The van der Waals surface area contributed by atoms with E-state index < -0.39 is 5.97 Å². The molecule has 0 amide bonds. The number of hydrogen-bond acceptors (Lipinski definition) is 6. The number of rotatable bonds is 4. The van der Waals surface area contributed by atoms with Crippen LogP contribution in [0.2, 0.25) is 5.15 Å². The van der Waals surface area contributed by atoms with E-state index in [1.807, 2.05) is 30.5 Å². The Hall–Kier alpha value is -2.70. The van der Waals surface area contributed by atoms with E-state index in [1.54, 1.807) is 42.4 Å². The third-order valence-corrected chi connectivity index (χ3v) is 5.17. The van der Waals surface area contributed by atoms with Crippen LogP contribution in [-0.2, 0) is 11.3 Å². The summed E-state index contributed by atoms with van der Waals surface area (Å²) in [6, 6.07) is 13.0. The summed E-state index contributed by atoms with van der Waals surface area (Å²) in [6.07, 6.45) is 5.20. The van der Waals surface area contributed by atoms with Crippen molar-refractivity contribution in [1.82, 2.24) is 15.0 Å². The monoisotopic (exact) mass is 395 g/mol. The van der Waals surface area contributed by atoms with Gasteiger partial charge in [-0.15, -0.1) is 11.8 Å². The van der Waals surface area contributed by atoms with Crippen LogP contribution in [0.15, 0.2) is 59.8 Å². The summed E-state index contributed by atoms with van der Waals surface area (Å²) < 4.78 is 5.42. The van der Waals surface area contributed by atoms with E-state index >= 15 is 0 Å². The van der Waals surface area contributed by atoms with E-state index in [2.05, 4.69) is 15.0 Å². The van der Waals surface area contributed by atoms with Gasteiger partial charge in [-0.25, -0.2) is 9.78 Å². The number of carbonyl (C=O) groups is 1. The standard InChI is InChI=1S/C20H14ClN3O2S/c1-27-15-4-2-12-8-14(19(21)24-17(12)10-15)11-26-20(25)13-3-5-16-18(9-13)23-7-6-22-16/h2-10H,11H2,1H3. The molecule has 0 aliphatic heterocycles. The first-order valence-corrected chi connectivity index (χ1v) is 9.75. The Balaban J connectivity index is 1.54. The summed E-state index contributed by atoms with van der Waals surface area (Å²) in [5.74, 6) is -0.448. The Kier molecular flexibility index (Phi) is 4.92. The Morgan fingerprint density at radius 3 is 2.67 bits per heavy atom. The van der Waals surface area contributed by atoms with Gasteiger partial charge in [-0.05, 0) is 42.7 Å². The Labute approximate surface area is 164 Å². The van der Waals surface area contributed by atoms with Crippen LogP contribution in [0.3, 0.4) is 0 Å². The van der Waals surface area contributed by atoms with Crippen molar-refractivity contribution in [1.29, 1.82) is 0 Å². The predicted octanol–water partition coefficient (Wildman–Crippen LogP) is 4.91. The van der Waals surface area contributed by atoms with Crippen LogP contribution in [0.4, 0.5) is 0 Å². The zero-order valence-electron chi connectivity index (χ0n) is 14.3. The van der Waals surface area contributed by atoms with Gasteiger partial charge in [0.1, 0.15) is 11.8 Å². The Morgan fingerprint density at radius 1 is 1.04 bits per heavy atom. The lowest BCUT2D eigenvalue weighted by molar-refractivity contribution is 0.0473. The molecule has 4 aromatic rings. The molecule has 4 rings (SSSR count). The second-order valence-corrected chi connectivity index (χ2v) is 7.07. The van der Waals surface area contributed by atoms with E-state index in [9.17, 15) is 4.79 Å². The lowest BCUT2D eigenvalue weighted by atomic mass is 10.1. The van der Waals surface area contributed by atoms with Crippen LogP contribution >= 0.6 is 23.4 Å². The van der Waals surface area contributed by atoms with Crippen molar-refractivity contribution in [3.05, 3.63) is 71.1 Å². The molecule has 134 valence electrons. The second kappa shape index (κ2) is 7.50. The molecule has 5 nitrogen and oxygen atoms in total. The van der Waals surface area contributed by atoms with E-state index in [1.165, 1.54) is 0 Å². The number of aromatic nitrogens is 3. The quantitative estimate of drug-likeness (QED) is 0.278. The maximum Gasteiger partial charge on any atom is 0.338 e. The number of nitrogens with zero attached hydrogens (tertiary/aromatic N) is 3. The fourth-order valence-corrected chi connectivity index (χ4v) is 3.35. The second-order valence-electron chi connectivity index (χ2n) is 5.83. The fraction of sp³-hybridized carbons (Fsp3) is 0.100. The first kappa shape index (κ1) is 17.7. The summed E-state index contributed by atoms with van der Waals surface area (Å²) in [6.45, 7) is 0.0450. The summed E-state index contributed by atoms with van der Waals surface area (Å²) >= 11 is 7.92. The highest BCUT2D eigenvalue weighted by Crippen LogP contribution is 2.25. The predicted molar refractivity (Wildman–Crippen MR) is 107 cm³/mol. The van der Waals surface area contributed by atoms with Crippen molar-refractivity contribution in [2.75, 3.05) is 6.26 Å². The molecule has 7 heteroatoms. The highest BCUT2D eigenvalue weighted by molar-refractivity contribution is 7.98. The lowest BCUT2D eigenvalue weighted by Gasteiger charge is -2.09. The minimum absolute atomic E-state index is 0.0450. The molecule has 2 heterocycles. The summed E-state index contributed by atoms with van der Waals surface area (Å²) in [5, 5.41) is 1.28. The molecule has 0 atom stereocenters. The number of benzene rings is 2. The molecule has 27 heavy (non-hydrogen) atoms. The van der Waals surface area contributed by atoms with Gasteiger partial charge in [0.25, 0.3) is 0 Å². The molecule has 0 saturated heterocycles. The molecule has 0 spiro atoms. The smallest absolute Gasteiger partial charge is 0.338 e. The average molecular weight is 396 g/mol. The number of carbonyl (C=O) groups excluding carboxylic acids is 1. The molecule has 0 radical (unpaired) electrons. The van der Waals surface area contributed by atoms with Gasteiger partial charge >= 0.3 is 5.97 Å². The number of thioether (sulfide) groups is 1. The maximum absolute atomic E-state index is 12.4. The third kappa shape index (κ3) is 3.72. The Morgan fingerprint density at radius 2 is 1.85 bits per heavy atom. The molecule has 0 aliphatic rings. The van der Waals surface area contributed by atoms with Crippen LogP contribution in [0.5, 0.6) is 0 Å². The minimum atomic E-state index is -0.448. The Bertz CT molecular complexity index is 1170. The third-order valence-electron chi connectivity index (χ3n) is 4.11. The highest BCUT2D eigenvalue weighted by atomic mass is 35.5. The molecule has 0 fully saturated rings. The molecule has 2 aromatic heterocycles. The normalized spacial score (nSPS) is 11.0. The van der Waals surface area contributed by atoms with Crippen molar-refractivity contribution in [3.8, 4) is 0 Å². The summed E-state index contributed by atoms with van der Waals surface area (Å²) in [5.41, 5.74) is 3.25. The molecule has 0 unspecified atom stereocenters. The largest absolute Gasteiger partial charge is 0.457 e. The van der Waals surface area contributed by atoms with Gasteiger partial charge < -0.3 is 4.74 Å². The van der Waals surface area contributed by atoms with E-state index in [0.717, 1.165) is 21.3 Å². The van der Waals surface area contributed by atoms with E-state index in [-0.39, 0.29) is 6.61 Å². The van der Waals surface area contributed by atoms with Gasteiger partial charge in [0.2, 0.25) is 0 Å². The van der Waals surface area contributed by atoms with Gasteiger partial charge in [-0.3, -0.25) is 9.97 Å². The van der Waals surface area contributed by atoms with Crippen molar-refractivity contribution in [3.63, 3.8) is 0 Å². The van der Waals surface area contributed by atoms with Crippen LogP contribution in [0.25, 0.3) is 21.9 Å². The maximum atomic E-state index is 12.4. The van der Waals surface area contributed by atoms with Crippen molar-refractivity contribution in [2.24, 2.45) is 0 Å². The van der Waals surface area contributed by atoms with Gasteiger partial charge in [-0.1, -0.05) is 17.7 Å². The van der Waals surface area contributed by atoms with Crippen molar-refractivity contribution < 1.29 is 9.53 Å². The topological polar surface area (TPSA) is 65.0 Å². The van der Waals surface area contributed by atoms with Gasteiger partial charge in [0.05, 0.1) is 22.1 Å². The molecular weight excluding hydrogens is 382 g/mol. The molecule has 2 aromatic carbocycles. The summed E-state index contributed by atoms with van der Waals surface area (Å²) in [4.78, 5) is 26.3. The number of pyridine rings is 1. The minimum Gasteiger partial charge on any atom is -0.457 e. The molecule has 0 aliphatic carbocycles. The lowest BCUT2D eigenvalue weighted by Crippen LogP contribution is -2.06. The molecule has 0 bridgehead atoms. The fourth-order valence-electron chi connectivity index (χ4n) is 2.71. The van der Waals surface area contributed by atoms with Crippen molar-refractivity contribution in [2.45, 2.75) is 11.5 Å². The highest BCUT2D eigenvalue weighted by Gasteiger charge is 2.12. The number of esters is 1. The number of halogens is 1. The first-order valence-electron chi connectivity index (χ1n) is 8.15. The van der Waals surface area contributed by atoms with Crippen LogP contribution in [-0.4, -0.2) is 27.2 Å². The van der Waals surface area contributed by atoms with Crippen LogP contribution in [0, 0.1) is 0 Å². The van der Waals surface area contributed by atoms with Gasteiger partial charge in [0.15, 0.2) is 0 Å². The van der Waals surface area contributed by atoms with Gasteiger partial charge in [0, 0.05) is 28.2 Å². The SMILES string of the molecule is CSc1ccc2cc(COC(=O)c3ccc4nccnc4c3)c(Cl)nc2c1. The van der Waals surface area contributed by atoms with E-state index in [4.69, 9.17) is 16.3 Å². The first-order chi connectivity index (χ1) is 13.1. The van der Waals surface area contributed by atoms with E-state index in [0.29, 0.717) is 21.8 Å². The molecule has 0 saturated carbocycles. The van der Waals surface area contributed by atoms with Crippen LogP contribution in [0.1, 0.15) is 15.9 Å². The van der Waals surface area contributed by atoms with Crippen molar-refractivity contribution >= 4 is 51.3 Å². The summed E-state index contributed by atoms with van der Waals surface area (Å²) in [7, 11) is 0. The zero-order chi connectivity index (χ0) is 18.8. The number of hydrogen-bond donors (Lipinski definition) is 0. The number of ether oxygens (including phenoxy) is 1. The zero-order valence-corrected chi connectivity index (χ0v) is 15.9. The molecular formula is C20H14ClN3O2S. The van der Waals surface area contributed by atoms with Crippen LogP contribution < -0.4 is 0 Å².